The topological polar surface area (TPSA) is 64.6 Å². The third kappa shape index (κ3) is 6.66. The Labute approximate surface area is 129 Å². The zero-order chi connectivity index (χ0) is 15.9. The van der Waals surface area contributed by atoms with Crippen LogP contribution in [-0.4, -0.2) is 53.9 Å². The zero-order valence-corrected chi connectivity index (χ0v) is 14.1. The first kappa shape index (κ1) is 18.2. The number of hydrogen-bond acceptors (Lipinski definition) is 3. The normalized spacial score (nSPS) is 21.9. The molecule has 0 saturated carbocycles. The lowest BCUT2D eigenvalue weighted by Crippen LogP contribution is -2.55. The monoisotopic (exact) mass is 299 g/mol. The Morgan fingerprint density at radius 2 is 2.14 bits per heavy atom. The number of aliphatic hydroxyl groups excluding tert-OH is 1. The maximum absolute atomic E-state index is 11.8. The van der Waals surface area contributed by atoms with E-state index in [1.54, 1.807) is 0 Å². The molecule has 1 saturated heterocycles. The molecular weight excluding hydrogens is 266 g/mol. The lowest BCUT2D eigenvalue weighted by Gasteiger charge is -2.43. The summed E-state index contributed by atoms with van der Waals surface area (Å²) in [6.45, 7) is 11.8. The number of aliphatic hydroxyl groups is 1. The fourth-order valence-electron chi connectivity index (χ4n) is 2.86. The van der Waals surface area contributed by atoms with Crippen LogP contribution in [0, 0.1) is 5.92 Å². The van der Waals surface area contributed by atoms with Crippen LogP contribution in [0.1, 0.15) is 53.4 Å². The minimum absolute atomic E-state index is 0.0337. The Morgan fingerprint density at radius 1 is 1.43 bits per heavy atom. The van der Waals surface area contributed by atoms with Crippen molar-refractivity contribution in [3.63, 3.8) is 0 Å². The number of carbonyl (C=O) groups excluding carboxylic acids is 1. The molecule has 1 aliphatic rings. The van der Waals surface area contributed by atoms with Gasteiger partial charge in [-0.05, 0) is 45.6 Å². The van der Waals surface area contributed by atoms with E-state index < -0.39 is 6.10 Å². The second-order valence-electron chi connectivity index (χ2n) is 7.01. The number of amides is 2. The van der Waals surface area contributed by atoms with Gasteiger partial charge in [-0.3, -0.25) is 4.90 Å². The lowest BCUT2D eigenvalue weighted by atomic mass is 9.93. The molecule has 0 aromatic rings. The van der Waals surface area contributed by atoms with Crippen molar-refractivity contribution < 1.29 is 9.90 Å². The maximum Gasteiger partial charge on any atom is 0.314 e. The standard InChI is InChI=1S/C16H33N3O2/c1-5-7-14(20)10-17-15(21)18-12-16(3,4)19-9-6-8-13(2)11-19/h13-14,20H,5-12H2,1-4H3,(H2,17,18,21). The van der Waals surface area contributed by atoms with Crippen molar-refractivity contribution in [3.8, 4) is 0 Å². The van der Waals surface area contributed by atoms with Crippen LogP contribution >= 0.6 is 0 Å². The quantitative estimate of drug-likeness (QED) is 0.673. The molecule has 0 bridgehead atoms. The number of carbonyl (C=O) groups is 1. The molecule has 3 N–H and O–H groups in total. The van der Waals surface area contributed by atoms with Crippen LogP contribution < -0.4 is 10.6 Å². The Morgan fingerprint density at radius 3 is 2.76 bits per heavy atom. The summed E-state index contributed by atoms with van der Waals surface area (Å²) < 4.78 is 0. The van der Waals surface area contributed by atoms with Crippen molar-refractivity contribution in [2.75, 3.05) is 26.2 Å². The van der Waals surface area contributed by atoms with Crippen LogP contribution in [0.4, 0.5) is 4.79 Å². The summed E-state index contributed by atoms with van der Waals surface area (Å²) in [5.41, 5.74) is -0.0337. The smallest absolute Gasteiger partial charge is 0.314 e. The van der Waals surface area contributed by atoms with E-state index in [0.717, 1.165) is 31.8 Å². The second kappa shape index (κ2) is 8.59. The van der Waals surface area contributed by atoms with E-state index in [9.17, 15) is 9.90 Å². The van der Waals surface area contributed by atoms with Crippen LogP contribution in [0.25, 0.3) is 0 Å². The number of nitrogens with zero attached hydrogens (tertiary/aromatic N) is 1. The number of rotatable bonds is 7. The molecule has 1 fully saturated rings. The van der Waals surface area contributed by atoms with Gasteiger partial charge < -0.3 is 15.7 Å². The van der Waals surface area contributed by atoms with Gasteiger partial charge in [0.1, 0.15) is 0 Å². The van der Waals surface area contributed by atoms with Crippen molar-refractivity contribution in [2.24, 2.45) is 5.92 Å². The molecule has 2 amide bonds. The zero-order valence-electron chi connectivity index (χ0n) is 14.1. The molecule has 2 atom stereocenters. The van der Waals surface area contributed by atoms with Crippen LogP contribution in [0.3, 0.4) is 0 Å². The van der Waals surface area contributed by atoms with Gasteiger partial charge in [0, 0.05) is 25.2 Å². The van der Waals surface area contributed by atoms with E-state index >= 15 is 0 Å². The maximum atomic E-state index is 11.8. The Hall–Kier alpha value is -0.810. The largest absolute Gasteiger partial charge is 0.391 e. The highest BCUT2D eigenvalue weighted by molar-refractivity contribution is 5.73. The molecule has 21 heavy (non-hydrogen) atoms. The highest BCUT2D eigenvalue weighted by Crippen LogP contribution is 2.23. The van der Waals surface area contributed by atoms with E-state index in [1.165, 1.54) is 12.8 Å². The van der Waals surface area contributed by atoms with Crippen molar-refractivity contribution in [3.05, 3.63) is 0 Å². The van der Waals surface area contributed by atoms with E-state index in [1.807, 2.05) is 6.92 Å². The molecule has 1 heterocycles. The first-order valence-corrected chi connectivity index (χ1v) is 8.30. The summed E-state index contributed by atoms with van der Waals surface area (Å²) in [6.07, 6.45) is 3.73. The van der Waals surface area contributed by atoms with Crippen molar-refractivity contribution >= 4 is 6.03 Å². The van der Waals surface area contributed by atoms with Crippen LogP contribution in [0.2, 0.25) is 0 Å². The van der Waals surface area contributed by atoms with Gasteiger partial charge in [0.25, 0.3) is 0 Å². The van der Waals surface area contributed by atoms with Gasteiger partial charge in [-0.25, -0.2) is 4.79 Å². The highest BCUT2D eigenvalue weighted by Gasteiger charge is 2.30. The summed E-state index contributed by atoms with van der Waals surface area (Å²) in [6, 6.07) is -0.191. The highest BCUT2D eigenvalue weighted by atomic mass is 16.3. The summed E-state index contributed by atoms with van der Waals surface area (Å²) in [5, 5.41) is 15.3. The molecule has 0 spiro atoms. The summed E-state index contributed by atoms with van der Waals surface area (Å²) in [7, 11) is 0. The number of likely N-dealkylation sites (tertiary alicyclic amines) is 1. The molecule has 124 valence electrons. The molecule has 0 aliphatic carbocycles. The van der Waals surface area contributed by atoms with Gasteiger partial charge >= 0.3 is 6.03 Å². The third-order valence-corrected chi connectivity index (χ3v) is 4.31. The third-order valence-electron chi connectivity index (χ3n) is 4.31. The Balaban J connectivity index is 2.30. The molecular formula is C16H33N3O2. The van der Waals surface area contributed by atoms with Gasteiger partial charge in [-0.2, -0.15) is 0 Å². The van der Waals surface area contributed by atoms with Crippen molar-refractivity contribution in [1.29, 1.82) is 0 Å². The molecule has 1 rings (SSSR count). The fourth-order valence-corrected chi connectivity index (χ4v) is 2.86. The predicted molar refractivity (Wildman–Crippen MR) is 86.4 cm³/mol. The van der Waals surface area contributed by atoms with Gasteiger partial charge in [-0.1, -0.05) is 20.3 Å². The minimum Gasteiger partial charge on any atom is -0.391 e. The van der Waals surface area contributed by atoms with Gasteiger partial charge in [-0.15, -0.1) is 0 Å². The minimum atomic E-state index is -0.447. The Kier molecular flexibility index (Phi) is 7.46. The number of hydrogen-bond donors (Lipinski definition) is 3. The molecule has 5 nitrogen and oxygen atoms in total. The van der Waals surface area contributed by atoms with Gasteiger partial charge in [0.2, 0.25) is 0 Å². The summed E-state index contributed by atoms with van der Waals surface area (Å²) >= 11 is 0. The molecule has 5 heteroatoms. The van der Waals surface area contributed by atoms with E-state index in [-0.39, 0.29) is 11.6 Å². The average Bonchev–Trinajstić information content (AvgIpc) is 2.43. The van der Waals surface area contributed by atoms with Crippen molar-refractivity contribution in [1.82, 2.24) is 15.5 Å². The first-order valence-electron chi connectivity index (χ1n) is 8.30. The molecule has 1 aliphatic heterocycles. The Bertz CT molecular complexity index is 321. The summed E-state index contributed by atoms with van der Waals surface area (Å²) in [4.78, 5) is 14.3. The van der Waals surface area contributed by atoms with Crippen LogP contribution in [-0.2, 0) is 0 Å². The van der Waals surface area contributed by atoms with E-state index in [4.69, 9.17) is 0 Å². The van der Waals surface area contributed by atoms with Crippen molar-refractivity contribution in [2.45, 2.75) is 65.0 Å². The fraction of sp³-hybridized carbons (Fsp3) is 0.938. The van der Waals surface area contributed by atoms with Crippen LogP contribution in [0.5, 0.6) is 0 Å². The average molecular weight is 299 g/mol. The number of piperidine rings is 1. The summed E-state index contributed by atoms with van der Waals surface area (Å²) in [5.74, 6) is 0.732. The van der Waals surface area contributed by atoms with E-state index in [2.05, 4.69) is 36.3 Å². The molecule has 0 aromatic heterocycles. The number of nitrogens with one attached hydrogen (secondary N) is 2. The number of urea groups is 1. The predicted octanol–water partition coefficient (Wildman–Crippen LogP) is 1.96. The van der Waals surface area contributed by atoms with E-state index in [0.29, 0.717) is 13.1 Å². The molecule has 0 aromatic carbocycles. The molecule has 2 unspecified atom stereocenters. The SMILES string of the molecule is CCCC(O)CNC(=O)NCC(C)(C)N1CCCC(C)C1. The second-order valence-corrected chi connectivity index (χ2v) is 7.01. The molecule has 0 radical (unpaired) electrons. The van der Waals surface area contributed by atoms with Gasteiger partial charge in [0.05, 0.1) is 6.10 Å². The first-order chi connectivity index (χ1) is 9.85. The lowest BCUT2D eigenvalue weighted by molar-refractivity contribution is 0.0722. The van der Waals surface area contributed by atoms with Crippen LogP contribution in [0.15, 0.2) is 0 Å². The van der Waals surface area contributed by atoms with Gasteiger partial charge in [0.15, 0.2) is 0 Å².